The highest BCUT2D eigenvalue weighted by atomic mass is 32.2. The molecule has 3 aromatic rings. The number of halogens is 3. The number of nitrogens with zero attached hydrogens (tertiary/aromatic N) is 3. The fraction of sp³-hybridized carbons (Fsp3) is 0.158. The number of rotatable bonds is 3. The summed E-state index contributed by atoms with van der Waals surface area (Å²) in [7, 11) is 0. The first kappa shape index (κ1) is 20.7. The predicted molar refractivity (Wildman–Crippen MR) is 109 cm³/mol. The van der Waals surface area contributed by atoms with Crippen molar-refractivity contribution in [3.8, 4) is 0 Å². The average Bonchev–Trinajstić information content (AvgIpc) is 3.06. The largest absolute Gasteiger partial charge is 0.416 e. The molecule has 0 saturated carbocycles. The van der Waals surface area contributed by atoms with Crippen LogP contribution in [-0.2, 0) is 11.0 Å². The summed E-state index contributed by atoms with van der Waals surface area (Å²) in [4.78, 5) is 32.8. The Kier molecular flexibility index (Phi) is 5.09. The van der Waals surface area contributed by atoms with Crippen LogP contribution in [0.15, 0.2) is 42.6 Å². The maximum atomic E-state index is 12.9. The number of benzene rings is 2. The molecule has 5 N–H and O–H groups in total. The van der Waals surface area contributed by atoms with E-state index in [1.165, 1.54) is 11.8 Å². The smallest absolute Gasteiger partial charge is 0.399 e. The second kappa shape index (κ2) is 7.61. The van der Waals surface area contributed by atoms with E-state index in [0.717, 1.165) is 29.4 Å². The van der Waals surface area contributed by atoms with E-state index in [2.05, 4.69) is 15.4 Å². The molecule has 8 nitrogen and oxygen atoms in total. The van der Waals surface area contributed by atoms with Gasteiger partial charge in [0.25, 0.3) is 5.91 Å². The van der Waals surface area contributed by atoms with Crippen molar-refractivity contribution in [2.24, 2.45) is 0 Å². The van der Waals surface area contributed by atoms with Crippen LogP contribution in [0.2, 0.25) is 0 Å². The quantitative estimate of drug-likeness (QED) is 0.526. The Morgan fingerprint density at radius 2 is 1.97 bits per heavy atom. The topological polar surface area (TPSA) is 127 Å². The highest BCUT2D eigenvalue weighted by Gasteiger charge is 2.36. The van der Waals surface area contributed by atoms with Gasteiger partial charge in [-0.25, -0.2) is 15.0 Å². The maximum absolute atomic E-state index is 12.9. The number of amides is 2. The zero-order valence-corrected chi connectivity index (χ0v) is 16.5. The first-order chi connectivity index (χ1) is 14.6. The lowest BCUT2D eigenvalue weighted by Gasteiger charge is -2.25. The molecule has 0 bridgehead atoms. The Morgan fingerprint density at radius 3 is 2.68 bits per heavy atom. The van der Waals surface area contributed by atoms with Crippen molar-refractivity contribution in [1.29, 1.82) is 0 Å². The summed E-state index contributed by atoms with van der Waals surface area (Å²) < 4.78 is 38.6. The number of aromatic nitrogens is 2. The number of thioether (sulfide) groups is 1. The summed E-state index contributed by atoms with van der Waals surface area (Å²) in [6.45, 7) is 0. The van der Waals surface area contributed by atoms with Gasteiger partial charge in [-0.05, 0) is 30.3 Å². The van der Waals surface area contributed by atoms with Crippen LogP contribution >= 0.6 is 11.8 Å². The molecule has 0 spiro atoms. The van der Waals surface area contributed by atoms with Crippen molar-refractivity contribution in [2.45, 2.75) is 11.6 Å². The fourth-order valence-electron chi connectivity index (χ4n) is 3.07. The highest BCUT2D eigenvalue weighted by Crippen LogP contribution is 2.40. The van der Waals surface area contributed by atoms with Gasteiger partial charge in [0.2, 0.25) is 5.82 Å². The summed E-state index contributed by atoms with van der Waals surface area (Å²) >= 11 is 1.27. The highest BCUT2D eigenvalue weighted by molar-refractivity contribution is 8.00. The zero-order chi connectivity index (χ0) is 22.3. The van der Waals surface area contributed by atoms with Gasteiger partial charge in [0, 0.05) is 28.5 Å². The first-order valence-corrected chi connectivity index (χ1v) is 9.92. The van der Waals surface area contributed by atoms with Crippen molar-refractivity contribution in [3.63, 3.8) is 0 Å². The van der Waals surface area contributed by atoms with Gasteiger partial charge in [-0.3, -0.25) is 15.0 Å². The van der Waals surface area contributed by atoms with E-state index >= 15 is 0 Å². The molecule has 2 amide bonds. The minimum Gasteiger partial charge on any atom is -0.399 e. The third-order valence-electron chi connectivity index (χ3n) is 4.58. The molecule has 1 aromatic heterocycles. The number of hydrogen-bond donors (Lipinski definition) is 3. The molecule has 1 aliphatic rings. The number of hydrogen-bond acceptors (Lipinski definition) is 7. The van der Waals surface area contributed by atoms with Crippen LogP contribution in [0.1, 0.15) is 27.1 Å². The number of hydrazine groups is 1. The second-order valence-corrected chi connectivity index (χ2v) is 7.79. The van der Waals surface area contributed by atoms with Crippen LogP contribution in [-0.4, -0.2) is 32.5 Å². The molecule has 31 heavy (non-hydrogen) atoms. The lowest BCUT2D eigenvalue weighted by Crippen LogP contribution is -2.45. The normalized spacial score (nSPS) is 16.7. The van der Waals surface area contributed by atoms with E-state index in [-0.39, 0.29) is 28.4 Å². The van der Waals surface area contributed by atoms with E-state index in [1.54, 1.807) is 18.2 Å². The second-order valence-electron chi connectivity index (χ2n) is 6.72. The van der Waals surface area contributed by atoms with Gasteiger partial charge >= 0.3 is 12.1 Å². The summed E-state index contributed by atoms with van der Waals surface area (Å²) in [5.41, 5.74) is 14.9. The molecule has 2 heterocycles. The number of nitrogens with one attached hydrogen (secondary N) is 1. The fourth-order valence-corrected chi connectivity index (χ4v) is 4.22. The molecule has 1 saturated heterocycles. The van der Waals surface area contributed by atoms with Crippen molar-refractivity contribution in [1.82, 2.24) is 20.4 Å². The Bertz CT molecular complexity index is 1200. The van der Waals surface area contributed by atoms with Crippen molar-refractivity contribution in [2.75, 3.05) is 17.2 Å². The van der Waals surface area contributed by atoms with Crippen LogP contribution < -0.4 is 16.9 Å². The lowest BCUT2D eigenvalue weighted by atomic mass is 10.1. The molecule has 0 radical (unpaired) electrons. The third kappa shape index (κ3) is 4.06. The SMILES string of the molecule is Nc1ccc(C2SCC(=O)N2NC(=O)c2ncc3cc(C(F)(F)F)ccc3n2)c(N)c1. The van der Waals surface area contributed by atoms with Crippen molar-refractivity contribution < 1.29 is 22.8 Å². The van der Waals surface area contributed by atoms with Crippen molar-refractivity contribution >= 4 is 45.9 Å². The number of fused-ring (bicyclic) bond motifs is 1. The Balaban J connectivity index is 1.58. The molecule has 1 atom stereocenters. The molecular formula is C19H15F3N6O2S. The van der Waals surface area contributed by atoms with Crippen LogP contribution in [0.4, 0.5) is 24.5 Å². The molecule has 0 aliphatic carbocycles. The third-order valence-corrected chi connectivity index (χ3v) is 5.77. The number of alkyl halides is 3. The van der Waals surface area contributed by atoms with E-state index < -0.39 is 23.0 Å². The molecule has 4 rings (SSSR count). The predicted octanol–water partition coefficient (Wildman–Crippen LogP) is 2.73. The van der Waals surface area contributed by atoms with Gasteiger partial charge in [-0.15, -0.1) is 11.8 Å². The van der Waals surface area contributed by atoms with Crippen LogP contribution in [0.25, 0.3) is 10.9 Å². The van der Waals surface area contributed by atoms with Crippen molar-refractivity contribution in [3.05, 3.63) is 59.5 Å². The van der Waals surface area contributed by atoms with Gasteiger partial charge < -0.3 is 11.5 Å². The Morgan fingerprint density at radius 1 is 1.19 bits per heavy atom. The number of anilines is 2. The molecule has 160 valence electrons. The summed E-state index contributed by atoms with van der Waals surface area (Å²) in [6.07, 6.45) is -3.38. The molecule has 1 fully saturated rings. The lowest BCUT2D eigenvalue weighted by molar-refractivity contribution is -0.137. The standard InChI is InChI=1S/C19H15F3N6O2S/c20-19(21,22)10-1-4-14-9(5-10)7-25-16(26-14)17(30)27-28-15(29)8-31-18(28)12-3-2-11(23)6-13(12)24/h1-7,18H,8,23-24H2,(H,27,30). The summed E-state index contributed by atoms with van der Waals surface area (Å²) in [5.74, 6) is -1.30. The van der Waals surface area contributed by atoms with Gasteiger partial charge in [0.15, 0.2) is 0 Å². The molecule has 1 unspecified atom stereocenters. The Labute approximate surface area is 177 Å². The molecule has 2 aromatic carbocycles. The Hall–Kier alpha value is -3.54. The van der Waals surface area contributed by atoms with E-state index in [9.17, 15) is 22.8 Å². The van der Waals surface area contributed by atoms with Crippen LogP contribution in [0.5, 0.6) is 0 Å². The average molecular weight is 448 g/mol. The first-order valence-electron chi connectivity index (χ1n) is 8.87. The maximum Gasteiger partial charge on any atom is 0.416 e. The monoisotopic (exact) mass is 448 g/mol. The number of nitrogen functional groups attached to an aromatic ring is 2. The van der Waals surface area contributed by atoms with Crippen LogP contribution in [0.3, 0.4) is 0 Å². The summed E-state index contributed by atoms with van der Waals surface area (Å²) in [6, 6.07) is 7.79. The van der Waals surface area contributed by atoms with Crippen LogP contribution in [0, 0.1) is 0 Å². The van der Waals surface area contributed by atoms with E-state index in [1.807, 2.05) is 0 Å². The van der Waals surface area contributed by atoms with Gasteiger partial charge in [0.1, 0.15) is 5.37 Å². The zero-order valence-electron chi connectivity index (χ0n) is 15.7. The summed E-state index contributed by atoms with van der Waals surface area (Å²) in [5, 5.41) is 0.688. The number of carbonyl (C=O) groups is 2. The minimum absolute atomic E-state index is 0.119. The van der Waals surface area contributed by atoms with Gasteiger partial charge in [0.05, 0.1) is 16.8 Å². The van der Waals surface area contributed by atoms with Gasteiger partial charge in [-0.1, -0.05) is 6.07 Å². The number of carbonyl (C=O) groups excluding carboxylic acids is 2. The number of nitrogens with two attached hydrogens (primary N) is 2. The molecule has 12 heteroatoms. The van der Waals surface area contributed by atoms with E-state index in [4.69, 9.17) is 11.5 Å². The van der Waals surface area contributed by atoms with E-state index in [0.29, 0.717) is 16.9 Å². The van der Waals surface area contributed by atoms with Gasteiger partial charge in [-0.2, -0.15) is 13.2 Å². The minimum atomic E-state index is -4.50. The molecular weight excluding hydrogens is 433 g/mol. The molecule has 1 aliphatic heterocycles.